The number of nitrogens with zero attached hydrogens (tertiary/aromatic N) is 2. The number of anilines is 4. The van der Waals surface area contributed by atoms with Gasteiger partial charge < -0.3 is 25.8 Å². The Kier molecular flexibility index (Phi) is 7.50. The van der Waals surface area contributed by atoms with Gasteiger partial charge >= 0.3 is 0 Å². The van der Waals surface area contributed by atoms with Gasteiger partial charge in [-0.05, 0) is 48.0 Å². The van der Waals surface area contributed by atoms with Crippen LogP contribution in [-0.4, -0.2) is 36.2 Å². The summed E-state index contributed by atoms with van der Waals surface area (Å²) in [4.78, 5) is 19.1. The van der Waals surface area contributed by atoms with E-state index in [1.807, 2.05) is 0 Å². The third-order valence-electron chi connectivity index (χ3n) is 4.00. The first kappa shape index (κ1) is 21.7. The average Bonchev–Trinajstić information content (AvgIpc) is 2.76. The number of carbonyl (C=O) groups excluding carboxylic acids is 1. The van der Waals surface area contributed by atoms with Crippen LogP contribution < -0.4 is 21.1 Å². The molecule has 2 aromatic carbocycles. The minimum atomic E-state index is -0.606. The van der Waals surface area contributed by atoms with Crippen LogP contribution in [-0.2, 0) is 9.53 Å². The number of ether oxygens (including phenoxy) is 2. The first-order chi connectivity index (χ1) is 15.0. The number of hydrogen-bond donors (Lipinski definition) is 3. The number of benzene rings is 2. The van der Waals surface area contributed by atoms with Gasteiger partial charge in [-0.15, -0.1) is 0 Å². The van der Waals surface area contributed by atoms with Gasteiger partial charge in [0.15, 0.2) is 11.6 Å². The summed E-state index contributed by atoms with van der Waals surface area (Å²) in [7, 11) is 1.61. The third-order valence-corrected chi connectivity index (χ3v) is 4.00. The summed E-state index contributed by atoms with van der Waals surface area (Å²) in [6.07, 6.45) is 3.90. The molecule has 4 N–H and O–H groups in total. The maximum atomic E-state index is 14.2. The van der Waals surface area contributed by atoms with Crippen LogP contribution in [0.5, 0.6) is 5.75 Å². The zero-order valence-electron chi connectivity index (χ0n) is 16.8. The van der Waals surface area contributed by atoms with Gasteiger partial charge in [0.2, 0.25) is 11.9 Å². The van der Waals surface area contributed by atoms with Crippen LogP contribution in [0.1, 0.15) is 5.56 Å². The minimum Gasteiger partial charge on any atom is -0.491 e. The highest BCUT2D eigenvalue weighted by atomic mass is 19.1. The molecule has 0 unspecified atom stereocenters. The topological polar surface area (TPSA) is 111 Å². The Morgan fingerprint density at radius 2 is 1.94 bits per heavy atom. The summed E-state index contributed by atoms with van der Waals surface area (Å²) >= 11 is 0. The Morgan fingerprint density at radius 3 is 2.68 bits per heavy atom. The van der Waals surface area contributed by atoms with Crippen molar-refractivity contribution in [3.8, 4) is 5.75 Å². The molecule has 9 heteroatoms. The first-order valence-corrected chi connectivity index (χ1v) is 9.39. The lowest BCUT2D eigenvalue weighted by Gasteiger charge is -2.11. The van der Waals surface area contributed by atoms with E-state index in [1.54, 1.807) is 61.7 Å². The van der Waals surface area contributed by atoms with E-state index in [4.69, 9.17) is 15.2 Å². The van der Waals surface area contributed by atoms with Crippen LogP contribution in [0.4, 0.5) is 27.5 Å². The smallest absolute Gasteiger partial charge is 0.241 e. The van der Waals surface area contributed by atoms with E-state index < -0.39 is 11.7 Å². The molecule has 0 bridgehead atoms. The van der Waals surface area contributed by atoms with Crippen molar-refractivity contribution in [3.05, 3.63) is 72.2 Å². The Labute approximate surface area is 178 Å². The van der Waals surface area contributed by atoms with Crippen molar-refractivity contribution >= 4 is 35.1 Å². The Bertz CT molecular complexity index is 1060. The fourth-order valence-electron chi connectivity index (χ4n) is 2.56. The summed E-state index contributed by atoms with van der Waals surface area (Å²) in [5.41, 5.74) is 7.14. The van der Waals surface area contributed by atoms with Gasteiger partial charge in [0.1, 0.15) is 12.4 Å². The molecule has 160 valence electrons. The normalized spacial score (nSPS) is 10.8. The van der Waals surface area contributed by atoms with Gasteiger partial charge in [0, 0.05) is 24.6 Å². The predicted molar refractivity (Wildman–Crippen MR) is 117 cm³/mol. The number of aromatic nitrogens is 2. The van der Waals surface area contributed by atoms with Crippen LogP contribution in [0.3, 0.4) is 0 Å². The molecule has 0 aliphatic heterocycles. The van der Waals surface area contributed by atoms with Crippen molar-refractivity contribution in [1.82, 2.24) is 9.97 Å². The molecule has 0 aliphatic rings. The van der Waals surface area contributed by atoms with E-state index in [2.05, 4.69) is 20.6 Å². The number of halogens is 1. The van der Waals surface area contributed by atoms with Crippen LogP contribution in [0.2, 0.25) is 0 Å². The molecule has 0 spiro atoms. The molecule has 31 heavy (non-hydrogen) atoms. The van der Waals surface area contributed by atoms with Crippen molar-refractivity contribution < 1.29 is 18.7 Å². The first-order valence-electron chi connectivity index (χ1n) is 9.39. The predicted octanol–water partition coefficient (Wildman–Crippen LogP) is 3.63. The number of carbonyl (C=O) groups is 1. The molecular formula is C22H22FN5O3. The number of hydrogen-bond acceptors (Lipinski definition) is 7. The number of rotatable bonds is 10. The summed E-state index contributed by atoms with van der Waals surface area (Å²) in [6.45, 7) is 0.961. The second-order valence-corrected chi connectivity index (χ2v) is 6.37. The average molecular weight is 423 g/mol. The molecule has 0 atom stereocenters. The number of methoxy groups -OCH3 is 1. The largest absolute Gasteiger partial charge is 0.491 e. The van der Waals surface area contributed by atoms with Gasteiger partial charge in [-0.1, -0.05) is 12.1 Å². The maximum absolute atomic E-state index is 14.2. The van der Waals surface area contributed by atoms with Crippen LogP contribution in [0.25, 0.3) is 6.08 Å². The quantitative estimate of drug-likeness (QED) is 0.337. The van der Waals surface area contributed by atoms with Crippen LogP contribution >= 0.6 is 0 Å². The third kappa shape index (κ3) is 6.79. The molecule has 0 saturated carbocycles. The SMILES string of the molecule is COCCOc1ccc(Nc2ncc(F)c(Nc3cccc(C=CC(N)=O)c3)n2)cc1. The summed E-state index contributed by atoms with van der Waals surface area (Å²) < 4.78 is 24.7. The molecule has 1 aromatic heterocycles. The second kappa shape index (κ2) is 10.7. The molecule has 0 saturated heterocycles. The molecule has 3 aromatic rings. The van der Waals surface area contributed by atoms with E-state index in [9.17, 15) is 9.18 Å². The van der Waals surface area contributed by atoms with Crippen molar-refractivity contribution in [2.45, 2.75) is 0 Å². The lowest BCUT2D eigenvalue weighted by molar-refractivity contribution is -0.113. The lowest BCUT2D eigenvalue weighted by atomic mass is 10.2. The summed E-state index contributed by atoms with van der Waals surface area (Å²) in [6, 6.07) is 14.2. The van der Waals surface area contributed by atoms with Crippen molar-refractivity contribution in [2.75, 3.05) is 31.0 Å². The second-order valence-electron chi connectivity index (χ2n) is 6.37. The summed E-state index contributed by atoms with van der Waals surface area (Å²) in [5.74, 6) is -0.221. The molecular weight excluding hydrogens is 401 g/mol. The molecule has 0 aliphatic carbocycles. The molecule has 0 radical (unpaired) electrons. The van der Waals surface area contributed by atoms with Crippen molar-refractivity contribution in [1.29, 1.82) is 0 Å². The van der Waals surface area contributed by atoms with E-state index in [0.29, 0.717) is 24.7 Å². The molecule has 1 heterocycles. The van der Waals surface area contributed by atoms with Gasteiger partial charge in [0.05, 0.1) is 12.8 Å². The highest BCUT2D eigenvalue weighted by Gasteiger charge is 2.08. The van der Waals surface area contributed by atoms with Crippen molar-refractivity contribution in [3.63, 3.8) is 0 Å². The zero-order valence-corrected chi connectivity index (χ0v) is 16.8. The number of amides is 1. The molecule has 3 rings (SSSR count). The van der Waals surface area contributed by atoms with Crippen molar-refractivity contribution in [2.24, 2.45) is 5.73 Å². The standard InChI is InChI=1S/C22H22FN5O3/c1-30-11-12-31-18-8-6-16(7-9-18)27-22-25-14-19(23)21(28-22)26-17-4-2-3-15(13-17)5-10-20(24)29/h2-10,13-14H,11-12H2,1H3,(H2,24,29)(H2,25,26,27,28). The Morgan fingerprint density at radius 1 is 1.13 bits per heavy atom. The molecule has 0 fully saturated rings. The van der Waals surface area contributed by atoms with E-state index >= 15 is 0 Å². The fourth-order valence-corrected chi connectivity index (χ4v) is 2.56. The van der Waals surface area contributed by atoms with Gasteiger partial charge in [-0.3, -0.25) is 4.79 Å². The van der Waals surface area contributed by atoms with E-state index in [0.717, 1.165) is 17.4 Å². The molecule has 1 amide bonds. The highest BCUT2D eigenvalue weighted by molar-refractivity contribution is 5.90. The zero-order chi connectivity index (χ0) is 22.1. The van der Waals surface area contributed by atoms with Crippen LogP contribution in [0, 0.1) is 5.82 Å². The Hall–Kier alpha value is -3.98. The fraction of sp³-hybridized carbons (Fsp3) is 0.136. The minimum absolute atomic E-state index is 0.00745. The Balaban J connectivity index is 1.69. The van der Waals surface area contributed by atoms with E-state index in [-0.39, 0.29) is 11.8 Å². The maximum Gasteiger partial charge on any atom is 0.241 e. The van der Waals surface area contributed by atoms with Crippen LogP contribution in [0.15, 0.2) is 60.8 Å². The number of nitrogens with one attached hydrogen (secondary N) is 2. The lowest BCUT2D eigenvalue weighted by Crippen LogP contribution is -2.05. The number of primary amides is 1. The number of nitrogens with two attached hydrogens (primary N) is 1. The summed E-state index contributed by atoms with van der Waals surface area (Å²) in [5, 5.41) is 5.94. The van der Waals surface area contributed by atoms with Gasteiger partial charge in [0.25, 0.3) is 0 Å². The molecule has 8 nitrogen and oxygen atoms in total. The van der Waals surface area contributed by atoms with Gasteiger partial charge in [-0.2, -0.15) is 4.98 Å². The van der Waals surface area contributed by atoms with E-state index in [1.165, 1.54) is 6.08 Å². The van der Waals surface area contributed by atoms with Gasteiger partial charge in [-0.25, -0.2) is 9.37 Å². The highest BCUT2D eigenvalue weighted by Crippen LogP contribution is 2.22. The monoisotopic (exact) mass is 423 g/mol.